The molecule has 6 nitrogen and oxygen atoms in total. The van der Waals surface area contributed by atoms with Gasteiger partial charge >= 0.3 is 10.2 Å². The third kappa shape index (κ3) is 5.67. The summed E-state index contributed by atoms with van der Waals surface area (Å²) < 4.78 is 95.7. The Balaban J connectivity index is 1.38. The van der Waals surface area contributed by atoms with E-state index in [4.69, 9.17) is 10.2 Å². The highest BCUT2D eigenvalue weighted by atomic mass is 32.5. The summed E-state index contributed by atoms with van der Waals surface area (Å²) in [6.45, 7) is 0. The van der Waals surface area contributed by atoms with E-state index < -0.39 is 36.1 Å². The van der Waals surface area contributed by atoms with E-state index in [0.717, 1.165) is 12.1 Å². The molecule has 0 bridgehead atoms. The molecule has 1 amide bonds. The maximum absolute atomic E-state index is 13.1. The van der Waals surface area contributed by atoms with E-state index >= 15 is 0 Å². The van der Waals surface area contributed by atoms with Crippen LogP contribution in [-0.2, 0) is 9.84 Å². The van der Waals surface area contributed by atoms with Gasteiger partial charge in [-0.25, -0.2) is 8.42 Å². The van der Waals surface area contributed by atoms with Gasteiger partial charge in [0.2, 0.25) is 0 Å². The van der Waals surface area contributed by atoms with E-state index in [0.29, 0.717) is 48.9 Å². The minimum absolute atomic E-state index is 0.0115. The normalized spacial score (nSPS) is 20.8. The van der Waals surface area contributed by atoms with Crippen molar-refractivity contribution in [3.8, 4) is 11.1 Å². The van der Waals surface area contributed by atoms with E-state index in [1.54, 1.807) is 12.1 Å². The molecule has 0 saturated heterocycles. The van der Waals surface area contributed by atoms with Gasteiger partial charge in [-0.3, -0.25) is 4.79 Å². The van der Waals surface area contributed by atoms with Crippen LogP contribution in [0.2, 0.25) is 0 Å². The molecule has 1 aromatic heterocycles. The van der Waals surface area contributed by atoms with Gasteiger partial charge in [0.25, 0.3) is 5.91 Å². The number of amides is 1. The molecule has 0 radical (unpaired) electrons. The Morgan fingerprint density at radius 1 is 0.889 bits per heavy atom. The van der Waals surface area contributed by atoms with Crippen molar-refractivity contribution in [1.82, 2.24) is 0 Å². The monoisotopic (exact) mass is 550 g/mol. The van der Waals surface area contributed by atoms with E-state index in [-0.39, 0.29) is 22.4 Å². The first-order valence-corrected chi connectivity index (χ1v) is 14.4. The van der Waals surface area contributed by atoms with Gasteiger partial charge in [0.15, 0.2) is 15.6 Å². The number of anilines is 1. The number of benzene rings is 2. The first kappa shape index (κ1) is 26.0. The minimum Gasteiger partial charge on any atom is -0.459 e. The van der Waals surface area contributed by atoms with Crippen molar-refractivity contribution in [2.75, 3.05) is 5.32 Å². The van der Waals surface area contributed by atoms with Crippen LogP contribution in [0, 0.1) is 0 Å². The van der Waals surface area contributed by atoms with Crippen molar-refractivity contribution in [3.63, 3.8) is 0 Å². The van der Waals surface area contributed by atoms with Crippen LogP contribution in [0.5, 0.6) is 0 Å². The number of nitrogens with two attached hydrogens (primary N) is 1. The Morgan fingerprint density at radius 2 is 1.47 bits per heavy atom. The quantitative estimate of drug-likeness (QED) is 0.312. The molecule has 1 saturated carbocycles. The van der Waals surface area contributed by atoms with Crippen molar-refractivity contribution in [2.24, 2.45) is 5.73 Å². The molecule has 4 rings (SSSR count). The lowest BCUT2D eigenvalue weighted by atomic mass is 9.95. The number of carbonyl (C=O) groups is 1. The lowest BCUT2D eigenvalue weighted by molar-refractivity contribution is 0.0974. The maximum Gasteiger partial charge on any atom is 0.310 e. The molecule has 0 spiro atoms. The van der Waals surface area contributed by atoms with Crippen molar-refractivity contribution < 1.29 is 37.1 Å². The van der Waals surface area contributed by atoms with Crippen molar-refractivity contribution in [1.29, 1.82) is 0 Å². The zero-order valence-electron chi connectivity index (χ0n) is 18.7. The Labute approximate surface area is 204 Å². The molecule has 0 aliphatic heterocycles. The minimum atomic E-state index is -9.72. The van der Waals surface area contributed by atoms with Crippen LogP contribution in [0.25, 0.3) is 11.1 Å². The lowest BCUT2D eigenvalue weighted by Gasteiger charge is -2.40. The molecule has 36 heavy (non-hydrogen) atoms. The summed E-state index contributed by atoms with van der Waals surface area (Å²) in [6, 6.07) is 10.0. The van der Waals surface area contributed by atoms with Crippen molar-refractivity contribution in [3.05, 3.63) is 66.6 Å². The van der Waals surface area contributed by atoms with E-state index in [9.17, 15) is 32.6 Å². The molecular weight excluding hydrogens is 527 g/mol. The van der Waals surface area contributed by atoms with E-state index in [1.807, 2.05) is 0 Å². The first-order valence-electron chi connectivity index (χ1n) is 10.9. The molecule has 1 heterocycles. The van der Waals surface area contributed by atoms with Gasteiger partial charge in [0.05, 0.1) is 16.4 Å². The molecule has 1 aliphatic carbocycles. The summed E-state index contributed by atoms with van der Waals surface area (Å²) in [7, 11) is -13.4. The molecule has 2 aromatic carbocycles. The van der Waals surface area contributed by atoms with Gasteiger partial charge < -0.3 is 15.5 Å². The molecule has 0 unspecified atom stereocenters. The average Bonchev–Trinajstić information content (AvgIpc) is 3.29. The number of hydrogen-bond acceptors (Lipinski definition) is 5. The van der Waals surface area contributed by atoms with Gasteiger partial charge in [0, 0.05) is 17.3 Å². The highest BCUT2D eigenvalue weighted by Crippen LogP contribution is 3.02. The molecule has 3 N–H and O–H groups in total. The Hall–Kier alpha value is -3.06. The number of rotatable bonds is 7. The highest BCUT2D eigenvalue weighted by Gasteiger charge is 2.65. The number of primary amides is 1. The molecule has 1 fully saturated rings. The molecule has 1 aliphatic rings. The third-order valence-electron chi connectivity index (χ3n) is 6.14. The van der Waals surface area contributed by atoms with Crippen LogP contribution >= 0.6 is 10.2 Å². The Bertz CT molecular complexity index is 1380. The predicted molar refractivity (Wildman–Crippen MR) is 127 cm³/mol. The molecule has 0 atom stereocenters. The first-order chi connectivity index (χ1) is 16.5. The fourth-order valence-corrected chi connectivity index (χ4v) is 6.65. The van der Waals surface area contributed by atoms with Gasteiger partial charge in [-0.05, 0) is 73.7 Å². The summed E-state index contributed by atoms with van der Waals surface area (Å²) in [6.07, 6.45) is 2.89. The van der Waals surface area contributed by atoms with E-state index in [2.05, 4.69) is 5.32 Å². The largest absolute Gasteiger partial charge is 0.459 e. The van der Waals surface area contributed by atoms with Crippen LogP contribution < -0.4 is 11.1 Å². The fraction of sp³-hybridized carbons (Fsp3) is 0.261. The summed E-state index contributed by atoms with van der Waals surface area (Å²) >= 11 is 0. The van der Waals surface area contributed by atoms with Gasteiger partial charge in [-0.15, -0.1) is 0 Å². The SMILES string of the molecule is NC(=O)c1cc(-c2ccc(S(=O)(=O)C3CCC(Nc4ccc(S(F)(F)(F)(F)F)cc4)CC3)cc2)co1. The molecule has 13 heteroatoms. The molecular formula is C23H23F5N2O4S2. The van der Waals surface area contributed by atoms with Crippen LogP contribution in [0.3, 0.4) is 0 Å². The van der Waals surface area contributed by atoms with Crippen LogP contribution in [0.1, 0.15) is 36.2 Å². The zero-order chi connectivity index (χ0) is 26.4. The Morgan fingerprint density at radius 3 is 1.97 bits per heavy atom. The predicted octanol–water partition coefficient (Wildman–Crippen LogP) is 6.90. The second kappa shape index (κ2) is 8.23. The van der Waals surface area contributed by atoms with Gasteiger partial charge in [-0.2, -0.15) is 0 Å². The summed E-state index contributed by atoms with van der Waals surface area (Å²) in [4.78, 5) is 9.37. The molecule has 3 aromatic rings. The summed E-state index contributed by atoms with van der Waals surface area (Å²) in [5.74, 6) is -0.728. The van der Waals surface area contributed by atoms with Crippen molar-refractivity contribution in [2.45, 2.75) is 46.8 Å². The number of nitrogens with one attached hydrogen (secondary N) is 1. The lowest BCUT2D eigenvalue weighted by Crippen LogP contribution is -2.32. The summed E-state index contributed by atoms with van der Waals surface area (Å²) in [5, 5.41) is 2.36. The zero-order valence-corrected chi connectivity index (χ0v) is 20.3. The van der Waals surface area contributed by atoms with Crippen molar-refractivity contribution >= 4 is 31.7 Å². The van der Waals surface area contributed by atoms with Gasteiger partial charge in [0.1, 0.15) is 4.90 Å². The topological polar surface area (TPSA) is 102 Å². The number of hydrogen-bond donors (Lipinski definition) is 2. The number of halogens is 5. The number of furan rings is 1. The number of carbonyl (C=O) groups excluding carboxylic acids is 1. The number of sulfone groups is 1. The Kier molecular flexibility index (Phi) is 5.95. The highest BCUT2D eigenvalue weighted by molar-refractivity contribution is 8.45. The fourth-order valence-electron chi connectivity index (χ4n) is 4.21. The van der Waals surface area contributed by atoms with Crippen LogP contribution in [0.4, 0.5) is 25.1 Å². The average molecular weight is 551 g/mol. The second-order valence-corrected chi connectivity index (χ2v) is 13.4. The maximum atomic E-state index is 13.1. The van der Waals surface area contributed by atoms with Crippen LogP contribution in [-0.4, -0.2) is 25.6 Å². The van der Waals surface area contributed by atoms with Gasteiger partial charge in [-0.1, -0.05) is 31.6 Å². The summed E-state index contributed by atoms with van der Waals surface area (Å²) in [5.41, 5.74) is 6.64. The van der Waals surface area contributed by atoms with Crippen LogP contribution in [0.15, 0.2) is 75.1 Å². The molecule has 196 valence electrons. The second-order valence-electron chi connectivity index (χ2n) is 8.74. The van der Waals surface area contributed by atoms with E-state index in [1.165, 1.54) is 24.5 Å². The smallest absolute Gasteiger partial charge is 0.310 e. The standard InChI is InChI=1S/C23H23F5N2O4S2/c24-36(25,26,27,28)21-11-5-18(6-12-21)30-17-3-9-20(10-4-17)35(32,33)19-7-1-15(2-8-19)16-13-22(23(29)31)34-14-16/h1-2,5-8,11-14,17,20,30H,3-4,9-10H2,(H2,29,31). The third-order valence-corrected chi connectivity index (χ3v) is 9.58.